The summed E-state index contributed by atoms with van der Waals surface area (Å²) in [5, 5.41) is 0. The minimum Gasteiger partial charge on any atom is -0.327 e. The van der Waals surface area contributed by atoms with Crippen molar-refractivity contribution in [1.29, 1.82) is 0 Å². The predicted molar refractivity (Wildman–Crippen MR) is 78.8 cm³/mol. The summed E-state index contributed by atoms with van der Waals surface area (Å²) in [4.78, 5) is 1.33. The second kappa shape index (κ2) is 9.13. The molecular formula is C12H23NS2. The van der Waals surface area contributed by atoms with E-state index < -0.39 is 0 Å². The Kier molecular flexibility index (Phi) is 9.06. The van der Waals surface area contributed by atoms with Gasteiger partial charge in [0.25, 0.3) is 0 Å². The van der Waals surface area contributed by atoms with Gasteiger partial charge in [0.05, 0.1) is 0 Å². The van der Waals surface area contributed by atoms with Crippen LogP contribution in [0.15, 0.2) is 34.8 Å². The van der Waals surface area contributed by atoms with Gasteiger partial charge in [-0.1, -0.05) is 32.1 Å². The summed E-state index contributed by atoms with van der Waals surface area (Å²) in [6.07, 6.45) is 9.59. The van der Waals surface area contributed by atoms with Crippen LogP contribution in [0.25, 0.3) is 0 Å². The van der Waals surface area contributed by atoms with Crippen molar-refractivity contribution in [2.24, 2.45) is 5.73 Å². The molecule has 3 heteroatoms. The van der Waals surface area contributed by atoms with Crippen LogP contribution >= 0.6 is 21.6 Å². The van der Waals surface area contributed by atoms with E-state index in [0.29, 0.717) is 6.54 Å². The van der Waals surface area contributed by atoms with E-state index in [9.17, 15) is 0 Å². The van der Waals surface area contributed by atoms with Crippen LogP contribution in [0.2, 0.25) is 0 Å². The molecule has 1 unspecified atom stereocenters. The molecule has 0 heterocycles. The molecule has 15 heavy (non-hydrogen) atoms. The molecule has 0 aliphatic carbocycles. The van der Waals surface area contributed by atoms with Gasteiger partial charge in [-0.15, -0.1) is 11.7 Å². The van der Waals surface area contributed by atoms with E-state index in [4.69, 9.17) is 5.73 Å². The summed E-state index contributed by atoms with van der Waals surface area (Å²) in [5.74, 6) is 1.11. The van der Waals surface area contributed by atoms with E-state index in [1.807, 2.05) is 0 Å². The second-order valence-corrected chi connectivity index (χ2v) is 6.55. The predicted octanol–water partition coefficient (Wildman–Crippen LogP) is 3.61. The third kappa shape index (κ3) is 6.13. The highest BCUT2D eigenvalue weighted by atomic mass is 33.1. The highest BCUT2D eigenvalue weighted by Crippen LogP contribution is 2.39. The molecule has 2 N–H and O–H groups in total. The van der Waals surface area contributed by atoms with Gasteiger partial charge in [-0.3, -0.25) is 0 Å². The fraction of sp³-hybridized carbons (Fsp3) is 0.500. The lowest BCUT2D eigenvalue weighted by Gasteiger charge is -2.13. The van der Waals surface area contributed by atoms with Gasteiger partial charge >= 0.3 is 0 Å². The molecule has 1 atom stereocenters. The van der Waals surface area contributed by atoms with Gasteiger partial charge in [0.15, 0.2) is 0 Å². The molecule has 0 aromatic heterocycles. The molecule has 0 spiro atoms. The van der Waals surface area contributed by atoms with Crippen LogP contribution < -0.4 is 5.73 Å². The molecule has 0 amide bonds. The average Bonchev–Trinajstić information content (AvgIpc) is 2.27. The van der Waals surface area contributed by atoms with Crippen molar-refractivity contribution >= 4 is 21.6 Å². The molecule has 1 nitrogen and oxygen atoms in total. The summed E-state index contributed by atoms with van der Waals surface area (Å²) >= 11 is 4.58. The maximum atomic E-state index is 5.64. The summed E-state index contributed by atoms with van der Waals surface area (Å²) in [6.45, 7) is 6.96. The van der Waals surface area contributed by atoms with Gasteiger partial charge < -0.3 is 5.73 Å². The SMILES string of the molecule is C\C=C(/C=C\C(=C\CC)CN)[SH](S)CC. The molecule has 0 radical (unpaired) electrons. The van der Waals surface area contributed by atoms with Crippen molar-refractivity contribution in [3.63, 3.8) is 0 Å². The van der Waals surface area contributed by atoms with E-state index in [1.165, 1.54) is 10.5 Å². The maximum absolute atomic E-state index is 5.64. The molecule has 0 saturated heterocycles. The number of hydrogen-bond acceptors (Lipinski definition) is 2. The zero-order valence-corrected chi connectivity index (χ0v) is 11.7. The maximum Gasteiger partial charge on any atom is 0.0174 e. The Hall–Kier alpha value is -0.120. The number of hydrogen-bond donors (Lipinski definition) is 3. The molecule has 0 aromatic carbocycles. The third-order valence-corrected chi connectivity index (χ3v) is 5.21. The molecular weight excluding hydrogens is 222 g/mol. The smallest absolute Gasteiger partial charge is 0.0174 e. The lowest BCUT2D eigenvalue weighted by molar-refractivity contribution is 1.13. The zero-order chi connectivity index (χ0) is 11.7. The highest BCUT2D eigenvalue weighted by molar-refractivity contribution is 8.79. The fourth-order valence-electron chi connectivity index (χ4n) is 1.19. The topological polar surface area (TPSA) is 26.0 Å². The fourth-order valence-corrected chi connectivity index (χ4v) is 2.64. The van der Waals surface area contributed by atoms with Crippen LogP contribution in [0.3, 0.4) is 0 Å². The first-order valence-corrected chi connectivity index (χ1v) is 8.07. The third-order valence-electron chi connectivity index (χ3n) is 2.06. The normalized spacial score (nSPS) is 17.3. The van der Waals surface area contributed by atoms with Gasteiger partial charge in [0, 0.05) is 6.54 Å². The van der Waals surface area contributed by atoms with Crippen LogP contribution in [-0.4, -0.2) is 12.3 Å². The van der Waals surface area contributed by atoms with Crippen LogP contribution in [0.4, 0.5) is 0 Å². The number of nitrogens with two attached hydrogens (primary N) is 1. The first-order valence-electron chi connectivity index (χ1n) is 5.39. The van der Waals surface area contributed by atoms with Crippen molar-refractivity contribution in [3.8, 4) is 0 Å². The van der Waals surface area contributed by atoms with Gasteiger partial charge in [0.2, 0.25) is 0 Å². The molecule has 0 fully saturated rings. The van der Waals surface area contributed by atoms with E-state index in [0.717, 1.165) is 12.2 Å². The van der Waals surface area contributed by atoms with Crippen LogP contribution in [0.1, 0.15) is 27.2 Å². The van der Waals surface area contributed by atoms with E-state index in [-0.39, 0.29) is 9.93 Å². The summed E-state index contributed by atoms with van der Waals surface area (Å²) in [5.41, 5.74) is 6.84. The summed E-state index contributed by atoms with van der Waals surface area (Å²) < 4.78 is 0. The Bertz CT molecular complexity index is 254. The highest BCUT2D eigenvalue weighted by Gasteiger charge is 1.98. The van der Waals surface area contributed by atoms with Gasteiger partial charge in [-0.05, 0) is 35.7 Å². The first-order chi connectivity index (χ1) is 7.19. The molecule has 0 aliphatic rings. The molecule has 88 valence electrons. The van der Waals surface area contributed by atoms with Crippen LogP contribution in [0.5, 0.6) is 0 Å². The number of rotatable bonds is 6. The van der Waals surface area contributed by atoms with Gasteiger partial charge in [-0.25, -0.2) is 0 Å². The Morgan fingerprint density at radius 1 is 1.33 bits per heavy atom. The van der Waals surface area contributed by atoms with Gasteiger partial charge in [0.1, 0.15) is 0 Å². The standard InChI is InChI=1S/C12H23NS2/c1-4-7-11(10-13)8-9-12(5-2)15(14)6-3/h5,7-9,14-15H,4,6,10,13H2,1-3H3/b9-8-,11-7-,12-5+. The molecule has 0 saturated carbocycles. The van der Waals surface area contributed by atoms with E-state index in [1.54, 1.807) is 0 Å². The van der Waals surface area contributed by atoms with Crippen molar-refractivity contribution in [2.45, 2.75) is 27.2 Å². The molecule has 0 rings (SSSR count). The summed E-state index contributed by atoms with van der Waals surface area (Å²) in [6, 6.07) is 0. The lowest BCUT2D eigenvalue weighted by Crippen LogP contribution is -2.00. The minimum atomic E-state index is -0.286. The monoisotopic (exact) mass is 245 g/mol. The van der Waals surface area contributed by atoms with Crippen molar-refractivity contribution in [2.75, 3.05) is 12.3 Å². The Morgan fingerprint density at radius 2 is 2.00 bits per heavy atom. The first kappa shape index (κ1) is 14.9. The van der Waals surface area contributed by atoms with Gasteiger partial charge in [-0.2, -0.15) is 9.93 Å². The quantitative estimate of drug-likeness (QED) is 0.372. The minimum absolute atomic E-state index is 0.286. The van der Waals surface area contributed by atoms with Crippen molar-refractivity contribution in [3.05, 3.63) is 34.8 Å². The molecule has 0 aliphatic heterocycles. The largest absolute Gasteiger partial charge is 0.327 e. The van der Waals surface area contributed by atoms with Crippen molar-refractivity contribution < 1.29 is 0 Å². The van der Waals surface area contributed by atoms with Crippen LogP contribution in [0, 0.1) is 0 Å². The average molecular weight is 245 g/mol. The number of allylic oxidation sites excluding steroid dienone is 3. The van der Waals surface area contributed by atoms with Crippen LogP contribution in [-0.2, 0) is 0 Å². The molecule has 0 bridgehead atoms. The Morgan fingerprint density at radius 3 is 2.40 bits per heavy atom. The summed E-state index contributed by atoms with van der Waals surface area (Å²) in [7, 11) is -0.286. The van der Waals surface area contributed by atoms with E-state index >= 15 is 0 Å². The zero-order valence-electron chi connectivity index (χ0n) is 9.90. The second-order valence-electron chi connectivity index (χ2n) is 3.15. The molecule has 0 aromatic rings. The van der Waals surface area contributed by atoms with Crippen molar-refractivity contribution in [1.82, 2.24) is 0 Å². The Balaban J connectivity index is 4.54. The lowest BCUT2D eigenvalue weighted by atomic mass is 10.2. The Labute approximate surface area is 102 Å². The van der Waals surface area contributed by atoms with E-state index in [2.05, 4.69) is 56.7 Å². The number of thiol groups is 2.